The van der Waals surface area contributed by atoms with Crippen LogP contribution >= 0.6 is 0 Å². The Kier molecular flexibility index (Phi) is 5.20. The molecule has 0 N–H and O–H groups in total. The maximum atomic E-state index is 12.6. The van der Waals surface area contributed by atoms with E-state index in [4.69, 9.17) is 4.74 Å². The molecule has 25 heavy (non-hydrogen) atoms. The summed E-state index contributed by atoms with van der Waals surface area (Å²) in [4.78, 5) is 14.7. The van der Waals surface area contributed by atoms with E-state index in [0.29, 0.717) is 5.56 Å². The zero-order valence-electron chi connectivity index (χ0n) is 13.6. The molecule has 2 aromatic carbocycles. The van der Waals surface area contributed by atoms with Crippen LogP contribution in [0.4, 0.5) is 13.2 Å². The molecule has 0 atom stereocenters. The van der Waals surface area contributed by atoms with Gasteiger partial charge in [-0.3, -0.25) is 9.69 Å². The molecule has 0 unspecified atom stereocenters. The molecule has 3 nitrogen and oxygen atoms in total. The molecular formula is C19H18F3NO2. The quantitative estimate of drug-likeness (QED) is 0.787. The van der Waals surface area contributed by atoms with Crippen LogP contribution in [0.1, 0.15) is 27.0 Å². The third-order valence-electron chi connectivity index (χ3n) is 4.20. The van der Waals surface area contributed by atoms with Crippen molar-refractivity contribution in [2.45, 2.75) is 12.7 Å². The van der Waals surface area contributed by atoms with Gasteiger partial charge in [0.15, 0.2) is 5.78 Å². The SMILES string of the molecule is O=C(c1ccc(CN2CCOCC2)cc1)c1ccc(C(F)(F)F)cc1. The average molecular weight is 349 g/mol. The van der Waals surface area contributed by atoms with Crippen molar-refractivity contribution in [1.29, 1.82) is 0 Å². The number of hydrogen-bond donors (Lipinski definition) is 0. The van der Waals surface area contributed by atoms with Gasteiger partial charge in [0.1, 0.15) is 0 Å². The molecule has 1 heterocycles. The summed E-state index contributed by atoms with van der Waals surface area (Å²) in [6.45, 7) is 4.01. The number of ether oxygens (including phenoxy) is 1. The molecule has 132 valence electrons. The maximum absolute atomic E-state index is 12.6. The summed E-state index contributed by atoms with van der Waals surface area (Å²) in [6, 6.07) is 11.5. The van der Waals surface area contributed by atoms with Gasteiger partial charge in [-0.2, -0.15) is 13.2 Å². The Morgan fingerprint density at radius 1 is 0.920 bits per heavy atom. The fourth-order valence-electron chi connectivity index (χ4n) is 2.76. The Balaban J connectivity index is 1.68. The normalized spacial score (nSPS) is 16.0. The third-order valence-corrected chi connectivity index (χ3v) is 4.20. The van der Waals surface area contributed by atoms with Crippen molar-refractivity contribution < 1.29 is 22.7 Å². The van der Waals surface area contributed by atoms with Crippen LogP contribution < -0.4 is 0 Å². The van der Waals surface area contributed by atoms with E-state index in [1.807, 2.05) is 12.1 Å². The number of morpholine rings is 1. The lowest BCUT2D eigenvalue weighted by molar-refractivity contribution is -0.137. The highest BCUT2D eigenvalue weighted by Crippen LogP contribution is 2.29. The van der Waals surface area contributed by atoms with E-state index in [1.54, 1.807) is 12.1 Å². The summed E-state index contributed by atoms with van der Waals surface area (Å²) in [6.07, 6.45) is -4.40. The summed E-state index contributed by atoms with van der Waals surface area (Å²) < 4.78 is 43.1. The number of rotatable bonds is 4. The molecule has 2 aromatic rings. The zero-order chi connectivity index (χ0) is 17.9. The largest absolute Gasteiger partial charge is 0.416 e. The highest BCUT2D eigenvalue weighted by Gasteiger charge is 2.30. The van der Waals surface area contributed by atoms with Crippen LogP contribution in [0.2, 0.25) is 0 Å². The Morgan fingerprint density at radius 2 is 1.44 bits per heavy atom. The zero-order valence-corrected chi connectivity index (χ0v) is 13.6. The van der Waals surface area contributed by atoms with Gasteiger partial charge in [-0.05, 0) is 17.7 Å². The van der Waals surface area contributed by atoms with E-state index in [0.717, 1.165) is 50.5 Å². The van der Waals surface area contributed by atoms with Gasteiger partial charge in [0, 0.05) is 30.8 Å². The molecule has 0 aliphatic carbocycles. The van der Waals surface area contributed by atoms with E-state index in [9.17, 15) is 18.0 Å². The van der Waals surface area contributed by atoms with E-state index in [1.165, 1.54) is 12.1 Å². The highest BCUT2D eigenvalue weighted by molar-refractivity contribution is 6.09. The summed E-state index contributed by atoms with van der Waals surface area (Å²) in [5, 5.41) is 0. The molecule has 0 bridgehead atoms. The number of ketones is 1. The second-order valence-corrected chi connectivity index (χ2v) is 5.99. The van der Waals surface area contributed by atoms with E-state index in [-0.39, 0.29) is 11.3 Å². The molecule has 0 spiro atoms. The minimum atomic E-state index is -4.40. The Morgan fingerprint density at radius 3 is 1.96 bits per heavy atom. The predicted molar refractivity (Wildman–Crippen MR) is 87.4 cm³/mol. The third kappa shape index (κ3) is 4.46. The van der Waals surface area contributed by atoms with Crippen molar-refractivity contribution in [3.63, 3.8) is 0 Å². The number of benzene rings is 2. The number of carbonyl (C=O) groups is 1. The summed E-state index contributed by atoms with van der Waals surface area (Å²) >= 11 is 0. The van der Waals surface area contributed by atoms with Gasteiger partial charge in [-0.25, -0.2) is 0 Å². The first-order valence-corrected chi connectivity index (χ1v) is 8.04. The van der Waals surface area contributed by atoms with Crippen LogP contribution in [-0.4, -0.2) is 37.0 Å². The van der Waals surface area contributed by atoms with Gasteiger partial charge < -0.3 is 4.74 Å². The molecule has 1 aliphatic rings. The number of alkyl halides is 3. The van der Waals surface area contributed by atoms with E-state index < -0.39 is 11.7 Å². The minimum absolute atomic E-state index is 0.244. The smallest absolute Gasteiger partial charge is 0.379 e. The highest BCUT2D eigenvalue weighted by atomic mass is 19.4. The van der Waals surface area contributed by atoms with Crippen LogP contribution in [0, 0.1) is 0 Å². The lowest BCUT2D eigenvalue weighted by Crippen LogP contribution is -2.35. The lowest BCUT2D eigenvalue weighted by atomic mass is 10.0. The molecule has 6 heteroatoms. The number of hydrogen-bond acceptors (Lipinski definition) is 3. The molecule has 3 rings (SSSR count). The van der Waals surface area contributed by atoms with Crippen molar-refractivity contribution >= 4 is 5.78 Å². The number of nitrogens with zero attached hydrogens (tertiary/aromatic N) is 1. The Labute approximate surface area is 144 Å². The fraction of sp³-hybridized carbons (Fsp3) is 0.316. The standard InChI is InChI=1S/C19H18F3NO2/c20-19(21,22)17-7-5-16(6-8-17)18(24)15-3-1-14(2-4-15)13-23-9-11-25-12-10-23/h1-8H,9-13H2. The van der Waals surface area contributed by atoms with Gasteiger partial charge in [-0.15, -0.1) is 0 Å². The molecule has 0 radical (unpaired) electrons. The number of carbonyl (C=O) groups excluding carboxylic acids is 1. The molecule has 0 aromatic heterocycles. The Bertz CT molecular complexity index is 718. The van der Waals surface area contributed by atoms with Crippen LogP contribution in [0.25, 0.3) is 0 Å². The first kappa shape index (κ1) is 17.6. The first-order chi connectivity index (χ1) is 11.9. The summed E-state index contributed by atoms with van der Waals surface area (Å²) in [5.41, 5.74) is 1.04. The second-order valence-electron chi connectivity index (χ2n) is 5.99. The van der Waals surface area contributed by atoms with Crippen molar-refractivity contribution in [2.75, 3.05) is 26.3 Å². The van der Waals surface area contributed by atoms with Gasteiger partial charge in [0.05, 0.1) is 18.8 Å². The summed E-state index contributed by atoms with van der Waals surface area (Å²) in [7, 11) is 0. The lowest BCUT2D eigenvalue weighted by Gasteiger charge is -2.26. The van der Waals surface area contributed by atoms with Crippen molar-refractivity contribution in [3.05, 3.63) is 70.8 Å². The average Bonchev–Trinajstić information content (AvgIpc) is 2.62. The fourth-order valence-corrected chi connectivity index (χ4v) is 2.76. The molecule has 0 saturated carbocycles. The van der Waals surface area contributed by atoms with Gasteiger partial charge in [0.25, 0.3) is 0 Å². The molecule has 1 aliphatic heterocycles. The molecule has 1 fully saturated rings. The van der Waals surface area contributed by atoms with Crippen molar-refractivity contribution in [1.82, 2.24) is 4.90 Å². The molecular weight excluding hydrogens is 331 g/mol. The van der Waals surface area contributed by atoms with Crippen LogP contribution in [0.3, 0.4) is 0 Å². The van der Waals surface area contributed by atoms with Gasteiger partial charge in [-0.1, -0.05) is 36.4 Å². The Hall–Kier alpha value is -2.18. The van der Waals surface area contributed by atoms with Crippen molar-refractivity contribution in [3.8, 4) is 0 Å². The van der Waals surface area contributed by atoms with Gasteiger partial charge in [0.2, 0.25) is 0 Å². The van der Waals surface area contributed by atoms with Crippen molar-refractivity contribution in [2.24, 2.45) is 0 Å². The maximum Gasteiger partial charge on any atom is 0.416 e. The van der Waals surface area contributed by atoms with Crippen LogP contribution in [0.5, 0.6) is 0 Å². The molecule has 1 saturated heterocycles. The molecule has 0 amide bonds. The second kappa shape index (κ2) is 7.37. The van der Waals surface area contributed by atoms with E-state index >= 15 is 0 Å². The van der Waals surface area contributed by atoms with Crippen LogP contribution in [-0.2, 0) is 17.5 Å². The minimum Gasteiger partial charge on any atom is -0.379 e. The van der Waals surface area contributed by atoms with Crippen LogP contribution in [0.15, 0.2) is 48.5 Å². The predicted octanol–water partition coefficient (Wildman–Crippen LogP) is 3.77. The van der Waals surface area contributed by atoms with E-state index in [2.05, 4.69) is 4.90 Å². The summed E-state index contributed by atoms with van der Waals surface area (Å²) in [5.74, 6) is -0.286. The number of halogens is 3. The first-order valence-electron chi connectivity index (χ1n) is 8.04. The topological polar surface area (TPSA) is 29.5 Å². The van der Waals surface area contributed by atoms with Gasteiger partial charge >= 0.3 is 6.18 Å². The monoisotopic (exact) mass is 349 g/mol.